The number of hydrogen-bond acceptors (Lipinski definition) is 14. The zero-order valence-electron chi connectivity index (χ0n) is 22.3. The molecule has 19 nitrogen and oxygen atoms in total. The second-order valence-electron chi connectivity index (χ2n) is 10.2. The number of aliphatic hydroxyl groups excluding tert-OH is 2. The van der Waals surface area contributed by atoms with Gasteiger partial charge < -0.3 is 39.0 Å². The number of rotatable bonds is 2. The first-order valence-corrected chi connectivity index (χ1v) is 16.8. The Kier molecular flexibility index (Phi) is 7.95. The van der Waals surface area contributed by atoms with Crippen LogP contribution in [0.5, 0.6) is 0 Å². The van der Waals surface area contributed by atoms with Crippen molar-refractivity contribution in [3.63, 3.8) is 0 Å². The van der Waals surface area contributed by atoms with Crippen LogP contribution >= 0.6 is 38.8 Å². The molecule has 45 heavy (non-hydrogen) atoms. The summed E-state index contributed by atoms with van der Waals surface area (Å²) in [6.07, 6.45) is -8.72. The number of aromatic amines is 1. The molecule has 4 aromatic rings. The number of phosphoric ester groups is 2. The Hall–Kier alpha value is -2.32. The smallest absolute Gasteiger partial charge is 0.386 e. The van der Waals surface area contributed by atoms with Crippen molar-refractivity contribution in [3.8, 4) is 0 Å². The van der Waals surface area contributed by atoms with Crippen molar-refractivity contribution in [2.75, 3.05) is 13.2 Å². The zero-order chi connectivity index (χ0) is 31.8. The second-order valence-corrected chi connectivity index (χ2v) is 13.9. The Morgan fingerprint density at radius 3 is 2.02 bits per heavy atom. The van der Waals surface area contributed by atoms with Crippen LogP contribution < -0.4 is 5.56 Å². The van der Waals surface area contributed by atoms with E-state index in [-0.39, 0.29) is 21.2 Å². The summed E-state index contributed by atoms with van der Waals surface area (Å²) in [5.41, 5.74) is 0.119. The number of nitrogens with one attached hydrogen (secondary N) is 1. The monoisotopic (exact) mass is 710 g/mol. The molecular formula is C22H22Cl2N6O13P2. The summed E-state index contributed by atoms with van der Waals surface area (Å²) in [6.45, 7) is -1.60. The summed E-state index contributed by atoms with van der Waals surface area (Å²) >= 11 is 12.2. The highest BCUT2D eigenvalue weighted by Gasteiger charge is 2.54. The third-order valence-corrected chi connectivity index (χ3v) is 10.2. The maximum absolute atomic E-state index is 13.1. The first-order valence-electron chi connectivity index (χ1n) is 13.0. The van der Waals surface area contributed by atoms with Crippen LogP contribution in [0, 0.1) is 0 Å². The predicted molar refractivity (Wildman–Crippen MR) is 149 cm³/mol. The number of aromatic nitrogens is 6. The van der Waals surface area contributed by atoms with Gasteiger partial charge in [0.15, 0.2) is 23.6 Å². The molecule has 0 bridgehead atoms. The average Bonchev–Trinajstić information content (AvgIpc) is 3.73. The largest absolute Gasteiger partial charge is 0.472 e. The Bertz CT molecular complexity index is 1940. The van der Waals surface area contributed by atoms with Gasteiger partial charge in [0.05, 0.1) is 53.3 Å². The highest BCUT2D eigenvalue weighted by Crippen LogP contribution is 2.53. The van der Waals surface area contributed by atoms with E-state index in [4.69, 9.17) is 50.8 Å². The quantitative estimate of drug-likeness (QED) is 0.182. The number of H-pyrrole nitrogens is 1. The summed E-state index contributed by atoms with van der Waals surface area (Å²) < 4.78 is 61.2. The highest BCUT2D eigenvalue weighted by atomic mass is 35.5. The van der Waals surface area contributed by atoms with Gasteiger partial charge >= 0.3 is 15.6 Å². The van der Waals surface area contributed by atoms with E-state index >= 15 is 0 Å². The van der Waals surface area contributed by atoms with Crippen molar-refractivity contribution in [1.82, 2.24) is 29.1 Å². The minimum atomic E-state index is -5.03. The Morgan fingerprint density at radius 1 is 0.844 bits per heavy atom. The van der Waals surface area contributed by atoms with E-state index in [1.165, 1.54) is 27.6 Å². The molecule has 242 valence electrons. The Labute approximate surface area is 260 Å². The van der Waals surface area contributed by atoms with Crippen LogP contribution in [0.25, 0.3) is 22.2 Å². The molecule has 3 fully saturated rings. The number of benzene rings is 1. The van der Waals surface area contributed by atoms with Crippen LogP contribution in [0.3, 0.4) is 0 Å². The molecule has 3 saturated heterocycles. The molecule has 1 aromatic carbocycles. The first-order chi connectivity index (χ1) is 21.3. The van der Waals surface area contributed by atoms with Gasteiger partial charge in [0.1, 0.15) is 36.6 Å². The average molecular weight is 711 g/mol. The second kappa shape index (κ2) is 11.4. The lowest BCUT2D eigenvalue weighted by Crippen LogP contribution is -2.39. The molecule has 10 atom stereocenters. The molecular weight excluding hydrogens is 689 g/mol. The molecule has 0 amide bonds. The van der Waals surface area contributed by atoms with Gasteiger partial charge in [-0.05, 0) is 12.1 Å². The van der Waals surface area contributed by atoms with Crippen LogP contribution in [-0.2, 0) is 36.7 Å². The molecule has 3 aliphatic heterocycles. The lowest BCUT2D eigenvalue weighted by Gasteiger charge is -2.27. The van der Waals surface area contributed by atoms with Gasteiger partial charge in [0.2, 0.25) is 0 Å². The SMILES string of the molecule is O=c1[nH]cnc2c1ncn2[C@@H]1O[C@@H]2COP(=O)(O)O[C@@H]3C(O)[C@H](n4cnc5cc(Cl)c(Cl)cc54)O[C@@H]3COP(=O)(O)OC2[C@@H]1O. The highest BCUT2D eigenvalue weighted by molar-refractivity contribution is 7.47. The molecule has 6 heterocycles. The van der Waals surface area contributed by atoms with Crippen molar-refractivity contribution in [3.05, 3.63) is 51.5 Å². The summed E-state index contributed by atoms with van der Waals surface area (Å²) in [6, 6.07) is 2.96. The molecule has 0 spiro atoms. The zero-order valence-corrected chi connectivity index (χ0v) is 25.6. The van der Waals surface area contributed by atoms with Crippen molar-refractivity contribution in [2.24, 2.45) is 0 Å². The number of fused-ring (bicyclic) bond motifs is 4. The van der Waals surface area contributed by atoms with E-state index in [1.54, 1.807) is 0 Å². The summed E-state index contributed by atoms with van der Waals surface area (Å²) in [5.74, 6) is 0. The summed E-state index contributed by atoms with van der Waals surface area (Å²) in [5, 5.41) is 22.7. The van der Waals surface area contributed by atoms with Crippen LogP contribution in [0.1, 0.15) is 12.5 Å². The minimum Gasteiger partial charge on any atom is -0.386 e. The number of phosphoric acid groups is 2. The van der Waals surface area contributed by atoms with E-state index in [0.29, 0.717) is 11.0 Å². The fraction of sp³-hybridized carbons (Fsp3) is 0.455. The maximum atomic E-state index is 13.1. The van der Waals surface area contributed by atoms with Crippen molar-refractivity contribution in [1.29, 1.82) is 0 Å². The van der Waals surface area contributed by atoms with E-state index in [1.807, 2.05) is 0 Å². The van der Waals surface area contributed by atoms with E-state index in [9.17, 15) is 33.9 Å². The van der Waals surface area contributed by atoms with Gasteiger partial charge in [0, 0.05) is 0 Å². The normalized spacial score (nSPS) is 37.7. The van der Waals surface area contributed by atoms with Crippen molar-refractivity contribution < 1.29 is 56.7 Å². The van der Waals surface area contributed by atoms with Crippen LogP contribution in [0.15, 0.2) is 35.9 Å². The molecule has 23 heteroatoms. The molecule has 7 rings (SSSR count). The fourth-order valence-corrected chi connectivity index (χ4v) is 7.65. The lowest BCUT2D eigenvalue weighted by molar-refractivity contribution is -0.0663. The van der Waals surface area contributed by atoms with Gasteiger partial charge in [-0.3, -0.25) is 27.5 Å². The number of aliphatic hydroxyl groups is 2. The van der Waals surface area contributed by atoms with Gasteiger partial charge in [-0.15, -0.1) is 0 Å². The third kappa shape index (κ3) is 5.66. The topological polar surface area (TPSA) is 252 Å². The maximum Gasteiger partial charge on any atom is 0.472 e. The number of nitrogens with zero attached hydrogens (tertiary/aromatic N) is 5. The van der Waals surface area contributed by atoms with Crippen LogP contribution in [-0.4, -0.2) is 98.9 Å². The molecule has 0 radical (unpaired) electrons. The van der Waals surface area contributed by atoms with E-state index in [2.05, 4.69) is 19.9 Å². The van der Waals surface area contributed by atoms with Gasteiger partial charge in [0.25, 0.3) is 5.56 Å². The van der Waals surface area contributed by atoms with Gasteiger partial charge in [-0.1, -0.05) is 23.2 Å². The molecule has 0 aliphatic carbocycles. The molecule has 0 saturated carbocycles. The Balaban J connectivity index is 1.17. The Morgan fingerprint density at radius 2 is 1.40 bits per heavy atom. The molecule has 3 aliphatic rings. The number of imidazole rings is 2. The number of ether oxygens (including phenoxy) is 2. The summed E-state index contributed by atoms with van der Waals surface area (Å²) in [7, 11) is -10.1. The molecule has 5 N–H and O–H groups in total. The molecule has 4 unspecified atom stereocenters. The first kappa shape index (κ1) is 31.3. The van der Waals surface area contributed by atoms with Crippen molar-refractivity contribution >= 4 is 61.0 Å². The van der Waals surface area contributed by atoms with Crippen LogP contribution in [0.4, 0.5) is 0 Å². The lowest BCUT2D eigenvalue weighted by atomic mass is 10.1. The van der Waals surface area contributed by atoms with E-state index < -0.39 is 83.5 Å². The fourth-order valence-electron chi connectivity index (χ4n) is 5.41. The minimum absolute atomic E-state index is 0.00480. The third-order valence-electron chi connectivity index (χ3n) is 7.46. The van der Waals surface area contributed by atoms with Crippen molar-refractivity contribution in [2.45, 2.75) is 49.1 Å². The van der Waals surface area contributed by atoms with Crippen LogP contribution in [0.2, 0.25) is 10.0 Å². The van der Waals surface area contributed by atoms with E-state index in [0.717, 1.165) is 12.7 Å². The molecule has 3 aromatic heterocycles. The van der Waals surface area contributed by atoms with Gasteiger partial charge in [-0.2, -0.15) is 0 Å². The van der Waals surface area contributed by atoms with Gasteiger partial charge in [-0.25, -0.2) is 24.1 Å². The summed E-state index contributed by atoms with van der Waals surface area (Å²) in [4.78, 5) is 47.8. The number of halogens is 2. The standard InChI is InChI=1S/C22H22Cl2N6O13P2/c23-8-1-10-11(2-9(8)24)29(6-27-10)21-15(31)17-12(40-21)3-38-45(36,37)43-18-13(4-39-44(34,35)42-17)41-22(16(18)32)30-7-28-14-19(30)25-5-26-20(14)33/h1-2,5-7,12-13,15-18,21-22,31-32H,3-4H2,(H,34,35)(H,36,37)(H,25,26,33)/t12-,13-,15?,16+,17+,18?,21-,22-/m1/s1. The predicted octanol–water partition coefficient (Wildman–Crippen LogP) is 1.01. The number of hydrogen-bond donors (Lipinski definition) is 5.